The minimum Gasteiger partial charge on any atom is -0.465 e. The summed E-state index contributed by atoms with van der Waals surface area (Å²) >= 11 is 0. The van der Waals surface area contributed by atoms with Crippen LogP contribution in [-0.2, 0) is 11.2 Å². The van der Waals surface area contributed by atoms with Crippen molar-refractivity contribution in [3.05, 3.63) is 47.7 Å². The van der Waals surface area contributed by atoms with Gasteiger partial charge >= 0.3 is 5.97 Å². The minimum absolute atomic E-state index is 0.306. The van der Waals surface area contributed by atoms with Gasteiger partial charge in [0.05, 0.1) is 24.6 Å². The molecule has 1 heterocycles. The van der Waals surface area contributed by atoms with Crippen molar-refractivity contribution in [3.8, 4) is 0 Å². The summed E-state index contributed by atoms with van der Waals surface area (Å²) in [6, 6.07) is 9.83. The number of hydrogen-bond acceptors (Lipinski definition) is 5. The highest BCUT2D eigenvalue weighted by Crippen LogP contribution is 2.25. The van der Waals surface area contributed by atoms with Gasteiger partial charge in [0.1, 0.15) is 5.82 Å². The van der Waals surface area contributed by atoms with E-state index in [4.69, 9.17) is 10.5 Å². The summed E-state index contributed by atoms with van der Waals surface area (Å²) in [5, 5.41) is 0. The van der Waals surface area contributed by atoms with Crippen LogP contribution in [0.1, 0.15) is 22.8 Å². The van der Waals surface area contributed by atoms with E-state index in [-0.39, 0.29) is 0 Å². The van der Waals surface area contributed by atoms with E-state index in [0.717, 1.165) is 12.1 Å². The Kier molecular flexibility index (Phi) is 4.42. The summed E-state index contributed by atoms with van der Waals surface area (Å²) in [6.45, 7) is 2.11. The van der Waals surface area contributed by atoms with Crippen LogP contribution < -0.4 is 10.6 Å². The van der Waals surface area contributed by atoms with E-state index < -0.39 is 5.97 Å². The number of aromatic nitrogens is 1. The van der Waals surface area contributed by atoms with Crippen molar-refractivity contribution in [1.29, 1.82) is 0 Å². The van der Waals surface area contributed by atoms with Crippen LogP contribution in [0.25, 0.3) is 0 Å². The van der Waals surface area contributed by atoms with E-state index in [1.54, 1.807) is 6.07 Å². The van der Waals surface area contributed by atoms with Gasteiger partial charge < -0.3 is 15.4 Å². The second-order valence-electron chi connectivity index (χ2n) is 4.70. The Morgan fingerprint density at radius 1 is 1.33 bits per heavy atom. The first-order valence-electron chi connectivity index (χ1n) is 6.73. The molecule has 0 radical (unpaired) electrons. The topological polar surface area (TPSA) is 68.5 Å². The fourth-order valence-electron chi connectivity index (χ4n) is 2.01. The number of benzene rings is 1. The molecular weight excluding hydrogens is 266 g/mol. The fourth-order valence-corrected chi connectivity index (χ4v) is 2.01. The molecule has 0 bridgehead atoms. The molecule has 0 atom stereocenters. The van der Waals surface area contributed by atoms with E-state index in [0.29, 0.717) is 17.1 Å². The number of nitrogen functional groups attached to an aromatic ring is 1. The number of nitrogens with zero attached hydrogens (tertiary/aromatic N) is 2. The van der Waals surface area contributed by atoms with Crippen LogP contribution in [0.3, 0.4) is 0 Å². The Morgan fingerprint density at radius 3 is 2.57 bits per heavy atom. The van der Waals surface area contributed by atoms with E-state index in [2.05, 4.69) is 24.0 Å². The molecular formula is C16H19N3O2. The number of rotatable bonds is 4. The molecule has 0 aliphatic carbocycles. The lowest BCUT2D eigenvalue weighted by Gasteiger charge is -2.19. The van der Waals surface area contributed by atoms with Gasteiger partial charge in [-0.25, -0.2) is 9.78 Å². The Morgan fingerprint density at radius 2 is 2.00 bits per heavy atom. The summed E-state index contributed by atoms with van der Waals surface area (Å²) in [6.07, 6.45) is 2.47. The van der Waals surface area contributed by atoms with Crippen LogP contribution in [-0.4, -0.2) is 25.1 Å². The van der Waals surface area contributed by atoms with Gasteiger partial charge in [0.2, 0.25) is 0 Å². The van der Waals surface area contributed by atoms with Crippen molar-refractivity contribution in [2.45, 2.75) is 13.3 Å². The highest BCUT2D eigenvalue weighted by Gasteiger charge is 2.14. The number of ether oxygens (including phenoxy) is 1. The van der Waals surface area contributed by atoms with Crippen molar-refractivity contribution < 1.29 is 9.53 Å². The van der Waals surface area contributed by atoms with Gasteiger partial charge in [-0.05, 0) is 30.2 Å². The number of methoxy groups -OCH3 is 1. The number of pyridine rings is 1. The maximum atomic E-state index is 11.7. The van der Waals surface area contributed by atoms with E-state index in [1.807, 2.05) is 24.1 Å². The van der Waals surface area contributed by atoms with Crippen molar-refractivity contribution >= 4 is 23.2 Å². The zero-order valence-corrected chi connectivity index (χ0v) is 12.5. The average molecular weight is 285 g/mol. The van der Waals surface area contributed by atoms with Crippen molar-refractivity contribution in [3.63, 3.8) is 0 Å². The molecule has 110 valence electrons. The molecule has 2 rings (SSSR count). The molecule has 0 unspecified atom stereocenters. The van der Waals surface area contributed by atoms with Crippen LogP contribution in [0, 0.1) is 0 Å². The van der Waals surface area contributed by atoms with Crippen molar-refractivity contribution in [2.24, 2.45) is 0 Å². The second kappa shape index (κ2) is 6.26. The number of carbonyl (C=O) groups excluding carboxylic acids is 1. The van der Waals surface area contributed by atoms with E-state index in [1.165, 1.54) is 18.9 Å². The van der Waals surface area contributed by atoms with Crippen molar-refractivity contribution in [1.82, 2.24) is 4.98 Å². The predicted molar refractivity (Wildman–Crippen MR) is 83.9 cm³/mol. The Balaban J connectivity index is 2.34. The number of aryl methyl sites for hydroxylation is 1. The van der Waals surface area contributed by atoms with Crippen LogP contribution in [0.5, 0.6) is 0 Å². The van der Waals surface area contributed by atoms with Gasteiger partial charge in [0, 0.05) is 12.7 Å². The first-order chi connectivity index (χ1) is 10.1. The molecule has 0 aliphatic rings. The molecule has 2 N–H and O–H groups in total. The summed E-state index contributed by atoms with van der Waals surface area (Å²) in [5.41, 5.74) is 8.64. The molecule has 0 aliphatic heterocycles. The number of carbonyl (C=O) groups is 1. The molecule has 21 heavy (non-hydrogen) atoms. The third kappa shape index (κ3) is 3.13. The normalized spacial score (nSPS) is 10.2. The monoisotopic (exact) mass is 285 g/mol. The third-order valence-corrected chi connectivity index (χ3v) is 3.40. The molecule has 0 saturated carbocycles. The molecule has 0 spiro atoms. The Hall–Kier alpha value is -2.56. The molecule has 5 heteroatoms. The summed E-state index contributed by atoms with van der Waals surface area (Å²) in [5.74, 6) is 0.166. The quantitative estimate of drug-likeness (QED) is 0.875. The third-order valence-electron chi connectivity index (χ3n) is 3.40. The Labute approximate surface area is 124 Å². The largest absolute Gasteiger partial charge is 0.465 e. The molecule has 5 nitrogen and oxygen atoms in total. The van der Waals surface area contributed by atoms with Gasteiger partial charge in [-0.1, -0.05) is 19.1 Å². The number of esters is 1. The lowest BCUT2D eigenvalue weighted by Crippen LogP contribution is -2.14. The first kappa shape index (κ1) is 14.8. The van der Waals surface area contributed by atoms with Crippen molar-refractivity contribution in [2.75, 3.05) is 24.8 Å². The fraction of sp³-hybridized carbons (Fsp3) is 0.250. The highest BCUT2D eigenvalue weighted by molar-refractivity contribution is 5.95. The van der Waals surface area contributed by atoms with Gasteiger partial charge in [-0.15, -0.1) is 0 Å². The maximum absolute atomic E-state index is 11.7. The summed E-state index contributed by atoms with van der Waals surface area (Å²) < 4.78 is 4.72. The number of hydrogen-bond donors (Lipinski definition) is 1. The van der Waals surface area contributed by atoms with Crippen LogP contribution in [0.2, 0.25) is 0 Å². The number of nitrogens with two attached hydrogens (primary N) is 1. The lowest BCUT2D eigenvalue weighted by molar-refractivity contribution is 0.0602. The first-order valence-corrected chi connectivity index (χ1v) is 6.73. The van der Waals surface area contributed by atoms with Crippen LogP contribution >= 0.6 is 0 Å². The Bertz CT molecular complexity index is 638. The summed E-state index contributed by atoms with van der Waals surface area (Å²) in [7, 11) is 3.22. The molecule has 0 fully saturated rings. The van der Waals surface area contributed by atoms with E-state index in [9.17, 15) is 4.79 Å². The highest BCUT2D eigenvalue weighted by atomic mass is 16.5. The summed E-state index contributed by atoms with van der Waals surface area (Å²) in [4.78, 5) is 17.8. The molecule has 1 aromatic heterocycles. The number of anilines is 3. The molecule has 1 aromatic carbocycles. The van der Waals surface area contributed by atoms with Crippen LogP contribution in [0.4, 0.5) is 17.2 Å². The predicted octanol–water partition coefficient (Wildman–Crippen LogP) is 2.78. The van der Waals surface area contributed by atoms with Crippen LogP contribution in [0.15, 0.2) is 36.5 Å². The minimum atomic E-state index is -0.467. The standard InChI is InChI=1S/C16H19N3O2/c1-4-11-5-7-12(8-6-11)19(2)15-9-13(16(20)21-3)14(17)10-18-15/h5-10H,4,17H2,1-3H3. The SMILES string of the molecule is CCc1ccc(N(C)c2cc(C(=O)OC)c(N)cn2)cc1. The van der Waals surface area contributed by atoms with Gasteiger partial charge in [-0.2, -0.15) is 0 Å². The van der Waals surface area contributed by atoms with E-state index >= 15 is 0 Å². The molecule has 0 amide bonds. The molecule has 2 aromatic rings. The lowest BCUT2D eigenvalue weighted by atomic mass is 10.1. The van der Waals surface area contributed by atoms with Gasteiger partial charge in [-0.3, -0.25) is 0 Å². The molecule has 0 saturated heterocycles. The second-order valence-corrected chi connectivity index (χ2v) is 4.70. The smallest absolute Gasteiger partial charge is 0.340 e. The van der Waals surface area contributed by atoms with Gasteiger partial charge in [0.15, 0.2) is 0 Å². The van der Waals surface area contributed by atoms with Gasteiger partial charge in [0.25, 0.3) is 0 Å². The zero-order chi connectivity index (χ0) is 15.4. The zero-order valence-electron chi connectivity index (χ0n) is 12.5. The maximum Gasteiger partial charge on any atom is 0.340 e. The average Bonchev–Trinajstić information content (AvgIpc) is 2.54.